The van der Waals surface area contributed by atoms with Gasteiger partial charge in [-0.05, 0) is 68.8 Å². The van der Waals surface area contributed by atoms with Gasteiger partial charge in [0.15, 0.2) is 0 Å². The van der Waals surface area contributed by atoms with E-state index in [1.165, 1.54) is 7.11 Å². The Morgan fingerprint density at radius 1 is 1.59 bits per heavy atom. The van der Waals surface area contributed by atoms with Crippen LogP contribution in [0.25, 0.3) is 0 Å². The van der Waals surface area contributed by atoms with Crippen molar-refractivity contribution in [1.29, 1.82) is 0 Å². The van der Waals surface area contributed by atoms with E-state index in [0.29, 0.717) is 18.7 Å². The molecule has 0 bridgehead atoms. The zero-order chi connectivity index (χ0) is 12.6. The van der Waals surface area contributed by atoms with Gasteiger partial charge in [0, 0.05) is 6.54 Å². The fraction of sp³-hybridized carbons (Fsp3) is 0.364. The summed E-state index contributed by atoms with van der Waals surface area (Å²) < 4.78 is 6.41. The molecule has 0 saturated heterocycles. The molecule has 1 atom stereocenters. The van der Waals surface area contributed by atoms with Gasteiger partial charge in [0.2, 0.25) is 0 Å². The van der Waals surface area contributed by atoms with Crippen molar-refractivity contribution in [2.75, 3.05) is 7.11 Å². The number of phenols is 1. The molecule has 0 amide bonds. The molecule has 2 N–H and O–H groups in total. The van der Waals surface area contributed by atoms with E-state index in [9.17, 15) is 9.90 Å². The van der Waals surface area contributed by atoms with Crippen LogP contribution in [0.3, 0.4) is 0 Å². The van der Waals surface area contributed by atoms with Crippen molar-refractivity contribution in [2.24, 2.45) is 0 Å². The molecule has 1 aromatic carbocycles. The number of hydrogen-bond donors (Lipinski definition) is 2. The number of aromatic hydroxyl groups is 1. The Morgan fingerprint density at radius 2 is 2.29 bits per heavy atom. The zero-order valence-electron chi connectivity index (χ0n) is 9.09. The van der Waals surface area contributed by atoms with Crippen molar-refractivity contribution in [3.05, 3.63) is 24.3 Å². The van der Waals surface area contributed by atoms with E-state index in [0.717, 1.165) is 18.3 Å². The maximum absolute atomic E-state index is 11.5. The molecular weight excluding hydrogens is 448 g/mol. The van der Waals surface area contributed by atoms with Gasteiger partial charge in [0.25, 0.3) is 0 Å². The first-order valence-corrected chi connectivity index (χ1v) is 7.20. The second kappa shape index (κ2) is 5.27. The highest BCUT2D eigenvalue weighted by Crippen LogP contribution is 2.33. The maximum Gasteiger partial charge on any atom is 0.323 e. The molecule has 92 valence electrons. The molecule has 17 heavy (non-hydrogen) atoms. The first kappa shape index (κ1) is 13.3. The minimum atomic E-state index is -0.288. The topological polar surface area (TPSA) is 58.6 Å². The average molecular weight is 459 g/mol. The van der Waals surface area contributed by atoms with Crippen LogP contribution < -0.4 is 5.32 Å². The van der Waals surface area contributed by atoms with Crippen LogP contribution in [-0.2, 0) is 22.5 Å². The Hall–Kier alpha value is -0.0900. The molecule has 6 heteroatoms. The summed E-state index contributed by atoms with van der Waals surface area (Å²) in [4.78, 5) is 11.5. The summed E-state index contributed by atoms with van der Waals surface area (Å²) in [5.41, 5.74) is 2.18. The lowest BCUT2D eigenvalue weighted by atomic mass is 9.95. The Balaban J connectivity index is 2.36. The van der Waals surface area contributed by atoms with Crippen LogP contribution >= 0.6 is 45.2 Å². The van der Waals surface area contributed by atoms with Crippen LogP contribution in [0.15, 0.2) is 6.07 Å². The predicted molar refractivity (Wildman–Crippen MR) is 79.9 cm³/mol. The number of methoxy groups -OCH3 is 1. The van der Waals surface area contributed by atoms with Gasteiger partial charge in [-0.1, -0.05) is 0 Å². The number of benzene rings is 1. The van der Waals surface area contributed by atoms with Crippen molar-refractivity contribution in [3.63, 3.8) is 0 Å². The van der Waals surface area contributed by atoms with E-state index in [2.05, 4.69) is 50.5 Å². The molecule has 1 aliphatic heterocycles. The summed E-state index contributed by atoms with van der Waals surface area (Å²) in [7, 11) is 1.39. The second-order valence-corrected chi connectivity index (χ2v) is 6.06. The normalized spacial score (nSPS) is 18.6. The van der Waals surface area contributed by atoms with E-state index in [-0.39, 0.29) is 12.0 Å². The van der Waals surface area contributed by atoms with Crippen LogP contribution in [-0.4, -0.2) is 24.2 Å². The number of halogens is 2. The third-order valence-electron chi connectivity index (χ3n) is 2.82. The number of rotatable bonds is 1. The number of esters is 1. The summed E-state index contributed by atoms with van der Waals surface area (Å²) in [6.45, 7) is 0.581. The third kappa shape index (κ3) is 2.53. The largest absolute Gasteiger partial charge is 0.506 e. The van der Waals surface area contributed by atoms with E-state index in [1.807, 2.05) is 6.07 Å². The van der Waals surface area contributed by atoms with E-state index in [4.69, 9.17) is 4.74 Å². The van der Waals surface area contributed by atoms with Crippen LogP contribution in [0, 0.1) is 7.14 Å². The minimum absolute atomic E-state index is 0.242. The fourth-order valence-corrected chi connectivity index (χ4v) is 3.89. The zero-order valence-corrected chi connectivity index (χ0v) is 13.4. The number of fused-ring (bicyclic) bond motifs is 1. The van der Waals surface area contributed by atoms with E-state index in [1.54, 1.807) is 0 Å². The average Bonchev–Trinajstić information content (AvgIpc) is 2.34. The Kier molecular flexibility index (Phi) is 4.14. The highest BCUT2D eigenvalue weighted by atomic mass is 127. The summed E-state index contributed by atoms with van der Waals surface area (Å²) in [5, 5.41) is 13.0. The molecule has 0 spiro atoms. The molecule has 1 heterocycles. The summed E-state index contributed by atoms with van der Waals surface area (Å²) in [5.74, 6) is 0.0806. The molecule has 2 rings (SSSR count). The first-order valence-electron chi connectivity index (χ1n) is 5.04. The van der Waals surface area contributed by atoms with Crippen molar-refractivity contribution in [2.45, 2.75) is 19.0 Å². The minimum Gasteiger partial charge on any atom is -0.506 e. The van der Waals surface area contributed by atoms with Crippen molar-refractivity contribution < 1.29 is 14.6 Å². The molecule has 4 nitrogen and oxygen atoms in total. The number of ether oxygens (including phenoxy) is 1. The lowest BCUT2D eigenvalue weighted by Gasteiger charge is -2.25. The summed E-state index contributed by atoms with van der Waals surface area (Å²) in [6.07, 6.45) is 0.605. The number of nitrogens with one attached hydrogen (secondary N) is 1. The van der Waals surface area contributed by atoms with Crippen LogP contribution in [0.4, 0.5) is 0 Å². The number of hydrogen-bond acceptors (Lipinski definition) is 4. The molecule has 0 fully saturated rings. The monoisotopic (exact) mass is 459 g/mol. The highest BCUT2D eigenvalue weighted by molar-refractivity contribution is 14.1. The standard InChI is InChI=1S/C11H11I2NO3/c1-17-11(16)8-3-5-2-7(12)10(15)9(13)6(5)4-14-8/h2,8,14-15H,3-4H2,1H3/t8-/m0/s1. The number of carbonyl (C=O) groups is 1. The van der Waals surface area contributed by atoms with Crippen molar-refractivity contribution >= 4 is 51.2 Å². The van der Waals surface area contributed by atoms with Gasteiger partial charge in [-0.2, -0.15) is 0 Å². The Morgan fingerprint density at radius 3 is 2.94 bits per heavy atom. The predicted octanol–water partition coefficient (Wildman–Crippen LogP) is 1.79. The molecule has 1 aromatic rings. The number of phenolic OH excluding ortho intramolecular Hbond substituents is 1. The van der Waals surface area contributed by atoms with E-state index >= 15 is 0 Å². The van der Waals surface area contributed by atoms with Crippen molar-refractivity contribution in [3.8, 4) is 5.75 Å². The van der Waals surface area contributed by atoms with Crippen molar-refractivity contribution in [1.82, 2.24) is 5.32 Å². The molecular formula is C11H11I2NO3. The smallest absolute Gasteiger partial charge is 0.323 e. The Bertz CT molecular complexity index is 476. The van der Waals surface area contributed by atoms with Gasteiger partial charge in [-0.15, -0.1) is 0 Å². The van der Waals surface area contributed by atoms with Crippen LogP contribution in [0.2, 0.25) is 0 Å². The SMILES string of the molecule is COC(=O)[C@@H]1Cc2cc(I)c(O)c(I)c2CN1. The van der Waals surface area contributed by atoms with E-state index < -0.39 is 0 Å². The quantitative estimate of drug-likeness (QED) is 0.497. The van der Waals surface area contributed by atoms with Crippen LogP contribution in [0.1, 0.15) is 11.1 Å². The van der Waals surface area contributed by atoms with Gasteiger partial charge in [0.1, 0.15) is 11.8 Å². The number of carbonyl (C=O) groups excluding carboxylic acids is 1. The van der Waals surface area contributed by atoms with Gasteiger partial charge in [-0.25, -0.2) is 0 Å². The molecule has 0 saturated carbocycles. The van der Waals surface area contributed by atoms with Gasteiger partial charge >= 0.3 is 5.97 Å². The van der Waals surface area contributed by atoms with Gasteiger partial charge in [0.05, 0.1) is 14.3 Å². The molecule has 1 aliphatic rings. The van der Waals surface area contributed by atoms with Gasteiger partial charge in [-0.3, -0.25) is 10.1 Å². The summed E-state index contributed by atoms with van der Waals surface area (Å²) >= 11 is 4.23. The molecule has 0 radical (unpaired) electrons. The first-order chi connectivity index (χ1) is 8.04. The van der Waals surface area contributed by atoms with Gasteiger partial charge < -0.3 is 9.84 Å². The molecule has 0 unspecified atom stereocenters. The second-order valence-electron chi connectivity index (χ2n) is 3.82. The lowest BCUT2D eigenvalue weighted by Crippen LogP contribution is -2.42. The highest BCUT2D eigenvalue weighted by Gasteiger charge is 2.27. The summed E-state index contributed by atoms with van der Waals surface area (Å²) in [6, 6.07) is 1.65. The molecule has 0 aliphatic carbocycles. The third-order valence-corrected chi connectivity index (χ3v) is 4.81. The Labute approximate surface area is 126 Å². The maximum atomic E-state index is 11.5. The fourth-order valence-electron chi connectivity index (χ4n) is 1.90. The molecule has 0 aromatic heterocycles. The lowest BCUT2D eigenvalue weighted by molar-refractivity contribution is -0.143. The van der Waals surface area contributed by atoms with Crippen LogP contribution in [0.5, 0.6) is 5.75 Å².